The summed E-state index contributed by atoms with van der Waals surface area (Å²) in [4.78, 5) is 22.4. The molecule has 4 rings (SSSR count). The Morgan fingerprint density at radius 2 is 1.84 bits per heavy atom. The number of fused-ring (bicyclic) bond motifs is 5. The summed E-state index contributed by atoms with van der Waals surface area (Å²) >= 11 is 0. The van der Waals surface area contributed by atoms with E-state index in [4.69, 9.17) is 9.05 Å². The second-order valence-corrected chi connectivity index (χ2v) is 13.4. The van der Waals surface area contributed by atoms with E-state index >= 15 is 0 Å². The monoisotopic (exact) mass is 454 g/mol. The summed E-state index contributed by atoms with van der Waals surface area (Å²) in [7, 11) is 2.02. The third-order valence-corrected chi connectivity index (χ3v) is 10.2. The summed E-state index contributed by atoms with van der Waals surface area (Å²) < 4.78 is 24.5. The van der Waals surface area contributed by atoms with Gasteiger partial charge in [0.05, 0.1) is 27.2 Å². The van der Waals surface area contributed by atoms with Gasteiger partial charge < -0.3 is 9.38 Å². The minimum atomic E-state index is -4.07. The molecular weight excluding hydrogens is 413 g/mol. The van der Waals surface area contributed by atoms with Crippen LogP contribution in [0, 0.1) is 28.6 Å². The molecule has 0 amide bonds. The average Bonchev–Trinajstić information content (AvgIpc) is 2.97. The summed E-state index contributed by atoms with van der Waals surface area (Å²) in [6.45, 7) is 5.52. The van der Waals surface area contributed by atoms with E-state index in [-0.39, 0.29) is 23.5 Å². The molecule has 3 saturated carbocycles. The zero-order valence-corrected chi connectivity index (χ0v) is 20.8. The molecule has 6 nitrogen and oxygen atoms in total. The molecule has 0 heterocycles. The van der Waals surface area contributed by atoms with Crippen molar-refractivity contribution in [2.45, 2.75) is 71.3 Å². The van der Waals surface area contributed by atoms with Crippen LogP contribution >= 0.6 is 7.82 Å². The van der Waals surface area contributed by atoms with E-state index in [1.54, 1.807) is 0 Å². The maximum Gasteiger partial charge on any atom is 0.472 e. The maximum absolute atomic E-state index is 12.7. The molecule has 4 aliphatic carbocycles. The number of phosphoric acid groups is 1. The third kappa shape index (κ3) is 4.48. The second kappa shape index (κ2) is 8.06. The van der Waals surface area contributed by atoms with Crippen molar-refractivity contribution in [3.05, 3.63) is 11.6 Å². The Hall–Kier alpha value is -0.520. The molecule has 1 unspecified atom stereocenters. The van der Waals surface area contributed by atoms with Gasteiger partial charge in [0.2, 0.25) is 0 Å². The number of likely N-dealkylation sites (N-methyl/N-ethyl adjacent to an activating group) is 1. The van der Waals surface area contributed by atoms with E-state index in [1.807, 2.05) is 27.2 Å². The first kappa shape index (κ1) is 23.6. The van der Waals surface area contributed by atoms with Gasteiger partial charge in [-0.25, -0.2) is 4.57 Å². The molecule has 0 aliphatic heterocycles. The van der Waals surface area contributed by atoms with Crippen LogP contribution in [0.2, 0.25) is 0 Å². The Kier molecular flexibility index (Phi) is 6.14. The molecule has 0 saturated heterocycles. The van der Waals surface area contributed by atoms with Gasteiger partial charge in [0.1, 0.15) is 13.2 Å². The molecule has 0 aromatic carbocycles. The molecule has 0 radical (unpaired) electrons. The Bertz CT molecular complexity index is 804. The smallest absolute Gasteiger partial charge is 0.329 e. The SMILES string of the molecule is C[C@]12CC[C@H]3[C@@H](CCC4=CC(=O)CC[C@@]43C)[C@@H]1CC[C@@H]2OP(=O)(O)OCC[N+](C)(C)C. The number of allylic oxidation sites excluding steroid dienone is 1. The van der Waals surface area contributed by atoms with Gasteiger partial charge in [-0.2, -0.15) is 0 Å². The van der Waals surface area contributed by atoms with Crippen LogP contribution in [0.5, 0.6) is 0 Å². The lowest BCUT2D eigenvalue weighted by Gasteiger charge is -2.57. The van der Waals surface area contributed by atoms with E-state index in [9.17, 15) is 14.3 Å². The van der Waals surface area contributed by atoms with Crippen LogP contribution in [0.15, 0.2) is 11.6 Å². The van der Waals surface area contributed by atoms with Crippen molar-refractivity contribution in [3.63, 3.8) is 0 Å². The summed E-state index contributed by atoms with van der Waals surface area (Å²) in [5.41, 5.74) is 1.45. The third-order valence-electron chi connectivity index (χ3n) is 9.15. The lowest BCUT2D eigenvalue weighted by molar-refractivity contribution is -0.870. The average molecular weight is 455 g/mol. The largest absolute Gasteiger partial charge is 0.472 e. The van der Waals surface area contributed by atoms with Gasteiger partial charge >= 0.3 is 7.82 Å². The highest BCUT2D eigenvalue weighted by Crippen LogP contribution is 2.67. The molecule has 31 heavy (non-hydrogen) atoms. The maximum atomic E-state index is 12.7. The molecule has 1 N–H and O–H groups in total. The summed E-state index contributed by atoms with van der Waals surface area (Å²) in [5.74, 6) is 2.03. The fourth-order valence-corrected chi connectivity index (χ4v) is 8.35. The number of carbonyl (C=O) groups is 1. The Morgan fingerprint density at radius 1 is 1.10 bits per heavy atom. The quantitative estimate of drug-likeness (QED) is 0.464. The summed E-state index contributed by atoms with van der Waals surface area (Å²) in [5, 5.41) is 0. The number of hydrogen-bond donors (Lipinski definition) is 1. The highest BCUT2D eigenvalue weighted by molar-refractivity contribution is 7.47. The van der Waals surface area contributed by atoms with Crippen molar-refractivity contribution in [1.82, 2.24) is 0 Å². The van der Waals surface area contributed by atoms with Gasteiger partial charge in [-0.15, -0.1) is 0 Å². The summed E-state index contributed by atoms with van der Waals surface area (Å²) in [6, 6.07) is 0. The van der Waals surface area contributed by atoms with Crippen LogP contribution in [-0.2, 0) is 18.4 Å². The van der Waals surface area contributed by atoms with E-state index in [2.05, 4.69) is 13.8 Å². The number of phosphoric ester groups is 1. The molecule has 0 bridgehead atoms. The van der Waals surface area contributed by atoms with E-state index in [0.29, 0.717) is 41.0 Å². The first-order valence-corrected chi connectivity index (χ1v) is 13.5. The van der Waals surface area contributed by atoms with Crippen molar-refractivity contribution < 1.29 is 27.8 Å². The van der Waals surface area contributed by atoms with Gasteiger partial charge in [-0.3, -0.25) is 13.8 Å². The Labute approximate surface area is 187 Å². The predicted molar refractivity (Wildman–Crippen MR) is 120 cm³/mol. The number of nitrogens with zero attached hydrogens (tertiary/aromatic N) is 1. The van der Waals surface area contributed by atoms with Crippen LogP contribution in [-0.4, -0.2) is 55.6 Å². The second-order valence-electron chi connectivity index (χ2n) is 12.0. The zero-order chi connectivity index (χ0) is 22.7. The lowest BCUT2D eigenvalue weighted by Crippen LogP contribution is -2.51. The standard InChI is InChI=1S/C24H40NO5P/c1-23-12-10-18(26)16-17(23)6-7-19-20-8-9-22(24(20,2)13-11-21(19)23)30-31(27,28)29-15-14-25(3,4)5/h16,19-22H,6-15H2,1-5H3/p+1/t19-,20-,21-,22-,23-,24-/m0/s1. The van der Waals surface area contributed by atoms with Crippen molar-refractivity contribution in [3.8, 4) is 0 Å². The number of quaternary nitrogens is 1. The highest BCUT2D eigenvalue weighted by Gasteiger charge is 2.60. The van der Waals surface area contributed by atoms with E-state index in [0.717, 1.165) is 44.9 Å². The summed E-state index contributed by atoms with van der Waals surface area (Å²) in [6.07, 6.45) is 9.53. The van der Waals surface area contributed by atoms with E-state index < -0.39 is 7.82 Å². The molecule has 7 atom stereocenters. The highest BCUT2D eigenvalue weighted by atomic mass is 31.2. The Balaban J connectivity index is 1.45. The molecule has 4 aliphatic rings. The fraction of sp³-hybridized carbons (Fsp3) is 0.875. The van der Waals surface area contributed by atoms with Gasteiger partial charge in [-0.05, 0) is 79.6 Å². The van der Waals surface area contributed by atoms with Crippen LogP contribution in [0.4, 0.5) is 0 Å². The fourth-order valence-electron chi connectivity index (χ4n) is 7.31. The molecule has 176 valence electrons. The Morgan fingerprint density at radius 3 is 2.55 bits per heavy atom. The van der Waals surface area contributed by atoms with Gasteiger partial charge in [0.25, 0.3) is 0 Å². The van der Waals surface area contributed by atoms with Crippen LogP contribution in [0.3, 0.4) is 0 Å². The number of hydrogen-bond acceptors (Lipinski definition) is 4. The first-order chi connectivity index (χ1) is 14.3. The zero-order valence-electron chi connectivity index (χ0n) is 19.9. The van der Waals surface area contributed by atoms with Crippen molar-refractivity contribution in [2.75, 3.05) is 34.3 Å². The minimum Gasteiger partial charge on any atom is -0.329 e. The molecule has 7 heteroatoms. The molecule has 0 aromatic rings. The predicted octanol–water partition coefficient (Wildman–Crippen LogP) is 4.73. The number of rotatable bonds is 6. The van der Waals surface area contributed by atoms with Crippen LogP contribution in [0.25, 0.3) is 0 Å². The van der Waals surface area contributed by atoms with Gasteiger partial charge in [-0.1, -0.05) is 19.4 Å². The van der Waals surface area contributed by atoms with Crippen molar-refractivity contribution in [1.29, 1.82) is 0 Å². The van der Waals surface area contributed by atoms with Crippen molar-refractivity contribution >= 4 is 13.6 Å². The number of carbonyl (C=O) groups excluding carboxylic acids is 1. The van der Waals surface area contributed by atoms with Crippen molar-refractivity contribution in [2.24, 2.45) is 28.6 Å². The van der Waals surface area contributed by atoms with Crippen LogP contribution < -0.4 is 0 Å². The van der Waals surface area contributed by atoms with Gasteiger partial charge in [0, 0.05) is 6.42 Å². The molecule has 3 fully saturated rings. The first-order valence-electron chi connectivity index (χ1n) is 12.0. The normalized spacial score (nSPS) is 42.3. The lowest BCUT2D eigenvalue weighted by atomic mass is 9.47. The minimum absolute atomic E-state index is 0.0783. The van der Waals surface area contributed by atoms with E-state index in [1.165, 1.54) is 5.57 Å². The van der Waals surface area contributed by atoms with Gasteiger partial charge in [0.15, 0.2) is 5.78 Å². The number of ketones is 1. The van der Waals surface area contributed by atoms with Crippen LogP contribution in [0.1, 0.15) is 65.2 Å². The molecule has 0 aromatic heterocycles. The molecule has 0 spiro atoms. The topological polar surface area (TPSA) is 72.8 Å². The molecular formula is C24H41NO5P+.